The molecule has 0 saturated carbocycles. The predicted octanol–water partition coefficient (Wildman–Crippen LogP) is 2.27. The van der Waals surface area contributed by atoms with E-state index in [9.17, 15) is 13.2 Å². The molecule has 2 aromatic heterocycles. The first-order valence-electron chi connectivity index (χ1n) is 8.11. The number of rotatable bonds is 6. The molecule has 0 fully saturated rings. The minimum absolute atomic E-state index is 0.0364. The number of sulfonamides is 1. The van der Waals surface area contributed by atoms with E-state index in [0.29, 0.717) is 5.69 Å². The van der Waals surface area contributed by atoms with Gasteiger partial charge in [-0.05, 0) is 36.8 Å². The molecule has 3 N–H and O–H groups in total. The SMILES string of the molecule is CC(NC(=O)Cc1csc(-c2ccccn2)n1)c1ccc(S(N)(=O)=O)cc1. The van der Waals surface area contributed by atoms with Crippen LogP contribution in [0.1, 0.15) is 24.2 Å². The van der Waals surface area contributed by atoms with E-state index >= 15 is 0 Å². The number of hydrogen-bond donors (Lipinski definition) is 2. The van der Waals surface area contributed by atoms with Crippen LogP contribution < -0.4 is 10.5 Å². The van der Waals surface area contributed by atoms with Gasteiger partial charge >= 0.3 is 0 Å². The normalized spacial score (nSPS) is 12.5. The van der Waals surface area contributed by atoms with E-state index in [1.54, 1.807) is 18.3 Å². The summed E-state index contributed by atoms with van der Waals surface area (Å²) in [6.07, 6.45) is 1.86. The smallest absolute Gasteiger partial charge is 0.238 e. The predicted molar refractivity (Wildman–Crippen MR) is 103 cm³/mol. The van der Waals surface area contributed by atoms with Crippen LogP contribution >= 0.6 is 11.3 Å². The third-order valence-corrected chi connectivity index (χ3v) is 5.71. The highest BCUT2D eigenvalue weighted by Gasteiger charge is 2.14. The summed E-state index contributed by atoms with van der Waals surface area (Å²) < 4.78 is 22.6. The number of amides is 1. The van der Waals surface area contributed by atoms with E-state index in [4.69, 9.17) is 5.14 Å². The first-order chi connectivity index (χ1) is 12.8. The van der Waals surface area contributed by atoms with Crippen molar-refractivity contribution in [2.24, 2.45) is 5.14 Å². The number of hydrogen-bond acceptors (Lipinski definition) is 6. The summed E-state index contributed by atoms with van der Waals surface area (Å²) in [6, 6.07) is 11.4. The minimum atomic E-state index is -3.73. The summed E-state index contributed by atoms with van der Waals surface area (Å²) in [5.74, 6) is -0.170. The molecule has 9 heteroatoms. The maximum Gasteiger partial charge on any atom is 0.238 e. The van der Waals surface area contributed by atoms with E-state index in [1.165, 1.54) is 23.5 Å². The molecule has 3 rings (SSSR count). The van der Waals surface area contributed by atoms with Crippen molar-refractivity contribution >= 4 is 27.3 Å². The lowest BCUT2D eigenvalue weighted by atomic mass is 10.1. The molecule has 0 aliphatic carbocycles. The average molecular weight is 403 g/mol. The second-order valence-corrected chi connectivity index (χ2v) is 8.36. The molecule has 1 atom stereocenters. The molecule has 2 heterocycles. The van der Waals surface area contributed by atoms with Crippen molar-refractivity contribution in [3.8, 4) is 10.7 Å². The largest absolute Gasteiger partial charge is 0.349 e. The quantitative estimate of drug-likeness (QED) is 0.656. The Bertz CT molecular complexity index is 1030. The van der Waals surface area contributed by atoms with Crippen molar-refractivity contribution in [1.29, 1.82) is 0 Å². The Morgan fingerprint density at radius 2 is 1.96 bits per heavy atom. The lowest BCUT2D eigenvalue weighted by Gasteiger charge is -2.14. The van der Waals surface area contributed by atoms with Crippen LogP contribution in [0.5, 0.6) is 0 Å². The fourth-order valence-electron chi connectivity index (χ4n) is 2.48. The molecule has 0 bridgehead atoms. The summed E-state index contributed by atoms with van der Waals surface area (Å²) >= 11 is 1.44. The fraction of sp³-hybridized carbons (Fsp3) is 0.167. The van der Waals surface area contributed by atoms with Crippen molar-refractivity contribution in [3.05, 3.63) is 65.3 Å². The molecular weight excluding hydrogens is 384 g/mol. The van der Waals surface area contributed by atoms with Crippen molar-refractivity contribution in [3.63, 3.8) is 0 Å². The van der Waals surface area contributed by atoms with Gasteiger partial charge in [-0.2, -0.15) is 0 Å². The Hall–Kier alpha value is -2.62. The van der Waals surface area contributed by atoms with Gasteiger partial charge in [-0.15, -0.1) is 11.3 Å². The lowest BCUT2D eigenvalue weighted by molar-refractivity contribution is -0.121. The monoisotopic (exact) mass is 402 g/mol. The van der Waals surface area contributed by atoms with Gasteiger partial charge in [-0.1, -0.05) is 18.2 Å². The molecular formula is C18H18N4O3S2. The molecule has 3 aromatic rings. The minimum Gasteiger partial charge on any atom is -0.349 e. The highest BCUT2D eigenvalue weighted by atomic mass is 32.2. The molecule has 1 amide bonds. The van der Waals surface area contributed by atoms with E-state index in [2.05, 4.69) is 15.3 Å². The van der Waals surface area contributed by atoms with Gasteiger partial charge in [0.15, 0.2) is 0 Å². The maximum atomic E-state index is 12.3. The molecule has 0 aliphatic heterocycles. The first-order valence-corrected chi connectivity index (χ1v) is 10.5. The Morgan fingerprint density at radius 3 is 2.59 bits per heavy atom. The standard InChI is InChI=1S/C18H18N4O3S2/c1-12(13-5-7-15(8-6-13)27(19,24)25)21-17(23)10-14-11-26-18(22-14)16-4-2-3-9-20-16/h2-9,11-12H,10H2,1H3,(H,21,23)(H2,19,24,25). The van der Waals surface area contributed by atoms with Crippen LogP contribution in [0.15, 0.2) is 58.9 Å². The number of nitrogens with two attached hydrogens (primary N) is 1. The number of thiazole rings is 1. The maximum absolute atomic E-state index is 12.3. The molecule has 1 aromatic carbocycles. The summed E-state index contributed by atoms with van der Waals surface area (Å²) in [5.41, 5.74) is 2.23. The second-order valence-electron chi connectivity index (χ2n) is 5.94. The van der Waals surface area contributed by atoms with Gasteiger partial charge in [-0.3, -0.25) is 9.78 Å². The number of benzene rings is 1. The number of primary sulfonamides is 1. The summed E-state index contributed by atoms with van der Waals surface area (Å²) in [6.45, 7) is 1.82. The molecule has 1 unspecified atom stereocenters. The summed E-state index contributed by atoms with van der Waals surface area (Å²) in [5, 5.41) is 10.6. The van der Waals surface area contributed by atoms with Gasteiger partial charge in [0.2, 0.25) is 15.9 Å². The average Bonchev–Trinajstić information content (AvgIpc) is 3.10. The zero-order valence-corrected chi connectivity index (χ0v) is 16.1. The van der Waals surface area contributed by atoms with Crippen LogP contribution in [0, 0.1) is 0 Å². The van der Waals surface area contributed by atoms with Gasteiger partial charge in [-0.25, -0.2) is 18.5 Å². The van der Waals surface area contributed by atoms with E-state index in [-0.39, 0.29) is 23.3 Å². The Kier molecular flexibility index (Phi) is 5.64. The summed E-state index contributed by atoms with van der Waals surface area (Å²) in [7, 11) is -3.73. The van der Waals surface area contributed by atoms with E-state index < -0.39 is 10.0 Å². The number of aromatic nitrogens is 2. The van der Waals surface area contributed by atoms with Crippen molar-refractivity contribution < 1.29 is 13.2 Å². The number of nitrogens with one attached hydrogen (secondary N) is 1. The lowest BCUT2D eigenvalue weighted by Crippen LogP contribution is -2.28. The third-order valence-electron chi connectivity index (χ3n) is 3.86. The number of pyridine rings is 1. The van der Waals surface area contributed by atoms with Crippen LogP contribution in [0.25, 0.3) is 10.7 Å². The highest BCUT2D eigenvalue weighted by Crippen LogP contribution is 2.22. The number of carbonyl (C=O) groups is 1. The number of carbonyl (C=O) groups excluding carboxylic acids is 1. The van der Waals surface area contributed by atoms with E-state index in [0.717, 1.165) is 16.3 Å². The van der Waals surface area contributed by atoms with Crippen molar-refractivity contribution in [2.75, 3.05) is 0 Å². The molecule has 140 valence electrons. The topological polar surface area (TPSA) is 115 Å². The summed E-state index contributed by atoms with van der Waals surface area (Å²) in [4.78, 5) is 21.0. The Balaban J connectivity index is 1.61. The van der Waals surface area contributed by atoms with E-state index in [1.807, 2.05) is 30.5 Å². The molecule has 0 spiro atoms. The first kappa shape index (κ1) is 19.2. The zero-order valence-electron chi connectivity index (χ0n) is 14.5. The molecule has 0 aliphatic rings. The van der Waals surface area contributed by atoms with Crippen LogP contribution in [-0.4, -0.2) is 24.3 Å². The van der Waals surface area contributed by atoms with Crippen molar-refractivity contribution in [1.82, 2.24) is 15.3 Å². The highest BCUT2D eigenvalue weighted by molar-refractivity contribution is 7.89. The van der Waals surface area contributed by atoms with Crippen LogP contribution in [-0.2, 0) is 21.2 Å². The molecule has 0 radical (unpaired) electrons. The van der Waals surface area contributed by atoms with Gasteiger partial charge in [0.25, 0.3) is 0 Å². The van der Waals surface area contributed by atoms with Crippen LogP contribution in [0.4, 0.5) is 0 Å². The zero-order chi connectivity index (χ0) is 19.4. The van der Waals surface area contributed by atoms with Gasteiger partial charge in [0.05, 0.1) is 28.7 Å². The Morgan fingerprint density at radius 1 is 1.22 bits per heavy atom. The second kappa shape index (κ2) is 7.95. The molecule has 0 saturated heterocycles. The van der Waals surface area contributed by atoms with Gasteiger partial charge < -0.3 is 5.32 Å². The number of nitrogens with zero attached hydrogens (tertiary/aromatic N) is 2. The molecule has 27 heavy (non-hydrogen) atoms. The Labute approximate surface area is 161 Å². The van der Waals surface area contributed by atoms with Crippen molar-refractivity contribution in [2.45, 2.75) is 24.3 Å². The third kappa shape index (κ3) is 4.97. The van der Waals surface area contributed by atoms with Gasteiger partial charge in [0.1, 0.15) is 5.01 Å². The van der Waals surface area contributed by atoms with Crippen LogP contribution in [0.2, 0.25) is 0 Å². The fourth-order valence-corrected chi connectivity index (χ4v) is 3.79. The molecule has 7 nitrogen and oxygen atoms in total. The van der Waals surface area contributed by atoms with Crippen LogP contribution in [0.3, 0.4) is 0 Å². The van der Waals surface area contributed by atoms with Gasteiger partial charge in [0, 0.05) is 11.6 Å².